The lowest BCUT2D eigenvalue weighted by Gasteiger charge is -2.21. The van der Waals surface area contributed by atoms with Crippen LogP contribution in [0.25, 0.3) is 0 Å². The number of rotatable bonds is 5. The van der Waals surface area contributed by atoms with Crippen molar-refractivity contribution in [2.24, 2.45) is 0 Å². The highest BCUT2D eigenvalue weighted by Gasteiger charge is 2.26. The summed E-state index contributed by atoms with van der Waals surface area (Å²) in [5.41, 5.74) is 1.26. The number of hydrogen-bond acceptors (Lipinski definition) is 3. The Morgan fingerprint density at radius 1 is 1.53 bits per heavy atom. The fourth-order valence-corrected chi connectivity index (χ4v) is 1.42. The minimum Gasteiger partial charge on any atom is -0.369 e. The van der Waals surface area contributed by atoms with Crippen molar-refractivity contribution >= 4 is 5.91 Å². The van der Waals surface area contributed by atoms with Crippen molar-refractivity contribution in [3.8, 4) is 0 Å². The van der Waals surface area contributed by atoms with Crippen LogP contribution in [-0.4, -0.2) is 23.6 Å². The maximum absolute atomic E-state index is 11.8. The fraction of sp³-hybridized carbons (Fsp3) is 0.538. The minimum atomic E-state index is -0.804. The summed E-state index contributed by atoms with van der Waals surface area (Å²) in [6, 6.07) is 3.93. The van der Waals surface area contributed by atoms with Gasteiger partial charge in [-0.05, 0) is 31.9 Å². The standard InChI is InChI=1S/C13H20N2O2/c1-5-10-7-6-8-14-11(10)9-15-12(16)13(2,3)17-4/h6-8H,5,9H2,1-4H3,(H,15,16). The maximum Gasteiger partial charge on any atom is 0.251 e. The molecule has 0 aliphatic heterocycles. The van der Waals surface area contributed by atoms with Crippen LogP contribution >= 0.6 is 0 Å². The Labute approximate surface area is 102 Å². The molecule has 0 aliphatic carbocycles. The van der Waals surface area contributed by atoms with Crippen LogP contribution in [0, 0.1) is 0 Å². The predicted octanol–water partition coefficient (Wildman–Crippen LogP) is 1.69. The second-order valence-electron chi connectivity index (χ2n) is 4.36. The van der Waals surface area contributed by atoms with E-state index in [1.807, 2.05) is 12.1 Å². The second kappa shape index (κ2) is 5.77. The number of aromatic nitrogens is 1. The molecule has 0 fully saturated rings. The average molecular weight is 236 g/mol. The molecule has 0 bridgehead atoms. The molecule has 94 valence electrons. The van der Waals surface area contributed by atoms with E-state index >= 15 is 0 Å². The summed E-state index contributed by atoms with van der Waals surface area (Å²) < 4.78 is 5.11. The Balaban J connectivity index is 2.65. The topological polar surface area (TPSA) is 51.2 Å². The molecule has 0 aromatic carbocycles. The van der Waals surface area contributed by atoms with E-state index in [-0.39, 0.29) is 5.91 Å². The molecule has 4 heteroatoms. The van der Waals surface area contributed by atoms with Crippen LogP contribution in [0.4, 0.5) is 0 Å². The van der Waals surface area contributed by atoms with E-state index in [0.717, 1.165) is 17.7 Å². The first-order valence-electron chi connectivity index (χ1n) is 5.77. The van der Waals surface area contributed by atoms with Crippen LogP contribution in [0.5, 0.6) is 0 Å². The number of pyridine rings is 1. The number of methoxy groups -OCH3 is 1. The fourth-order valence-electron chi connectivity index (χ4n) is 1.42. The molecule has 17 heavy (non-hydrogen) atoms. The smallest absolute Gasteiger partial charge is 0.251 e. The second-order valence-corrected chi connectivity index (χ2v) is 4.36. The normalized spacial score (nSPS) is 11.3. The van der Waals surface area contributed by atoms with E-state index in [1.165, 1.54) is 7.11 Å². The van der Waals surface area contributed by atoms with Gasteiger partial charge in [0.1, 0.15) is 5.60 Å². The Morgan fingerprint density at radius 2 is 2.24 bits per heavy atom. The number of nitrogens with zero attached hydrogens (tertiary/aromatic N) is 1. The van der Waals surface area contributed by atoms with Crippen LogP contribution in [0.3, 0.4) is 0 Å². The quantitative estimate of drug-likeness (QED) is 0.846. The first kappa shape index (κ1) is 13.6. The highest BCUT2D eigenvalue weighted by atomic mass is 16.5. The van der Waals surface area contributed by atoms with Crippen molar-refractivity contribution in [1.82, 2.24) is 10.3 Å². The van der Waals surface area contributed by atoms with E-state index in [1.54, 1.807) is 20.0 Å². The van der Waals surface area contributed by atoms with Crippen molar-refractivity contribution in [3.63, 3.8) is 0 Å². The third kappa shape index (κ3) is 3.53. The molecule has 0 spiro atoms. The summed E-state index contributed by atoms with van der Waals surface area (Å²) in [5.74, 6) is -0.132. The monoisotopic (exact) mass is 236 g/mol. The summed E-state index contributed by atoms with van der Waals surface area (Å²) in [4.78, 5) is 16.1. The van der Waals surface area contributed by atoms with E-state index in [0.29, 0.717) is 6.54 Å². The number of hydrogen-bond donors (Lipinski definition) is 1. The Morgan fingerprint density at radius 3 is 2.82 bits per heavy atom. The van der Waals surface area contributed by atoms with Gasteiger partial charge in [-0.3, -0.25) is 9.78 Å². The van der Waals surface area contributed by atoms with Crippen LogP contribution in [-0.2, 0) is 22.5 Å². The number of carbonyl (C=O) groups excluding carboxylic acids is 1. The Kier molecular flexibility index (Phi) is 4.63. The number of nitrogens with one attached hydrogen (secondary N) is 1. The first-order valence-corrected chi connectivity index (χ1v) is 5.77. The molecular weight excluding hydrogens is 216 g/mol. The summed E-state index contributed by atoms with van der Waals surface area (Å²) in [6.07, 6.45) is 2.65. The molecule has 0 aliphatic rings. The highest BCUT2D eigenvalue weighted by Crippen LogP contribution is 2.09. The predicted molar refractivity (Wildman–Crippen MR) is 66.5 cm³/mol. The van der Waals surface area contributed by atoms with Crippen molar-refractivity contribution in [1.29, 1.82) is 0 Å². The summed E-state index contributed by atoms with van der Waals surface area (Å²) >= 11 is 0. The molecule has 1 aromatic rings. The summed E-state index contributed by atoms with van der Waals surface area (Å²) in [7, 11) is 1.53. The molecule has 0 saturated heterocycles. The molecular formula is C13H20N2O2. The van der Waals surface area contributed by atoms with Crippen molar-refractivity contribution in [3.05, 3.63) is 29.6 Å². The van der Waals surface area contributed by atoms with Gasteiger partial charge in [0.25, 0.3) is 5.91 Å². The number of aryl methyl sites for hydroxylation is 1. The number of ether oxygens (including phenoxy) is 1. The minimum absolute atomic E-state index is 0.132. The number of amides is 1. The van der Waals surface area contributed by atoms with Gasteiger partial charge >= 0.3 is 0 Å². The van der Waals surface area contributed by atoms with Gasteiger partial charge in [0, 0.05) is 13.3 Å². The van der Waals surface area contributed by atoms with E-state index in [9.17, 15) is 4.79 Å². The molecule has 4 nitrogen and oxygen atoms in total. The zero-order valence-electron chi connectivity index (χ0n) is 10.9. The van der Waals surface area contributed by atoms with Gasteiger partial charge in [-0.15, -0.1) is 0 Å². The molecule has 0 unspecified atom stereocenters. The van der Waals surface area contributed by atoms with Gasteiger partial charge in [-0.1, -0.05) is 13.0 Å². The largest absolute Gasteiger partial charge is 0.369 e. The molecule has 1 amide bonds. The van der Waals surface area contributed by atoms with Gasteiger partial charge in [0.15, 0.2) is 0 Å². The molecule has 1 N–H and O–H groups in total. The van der Waals surface area contributed by atoms with E-state index < -0.39 is 5.60 Å². The summed E-state index contributed by atoms with van der Waals surface area (Å²) in [6.45, 7) is 5.99. The van der Waals surface area contributed by atoms with Crippen LogP contribution in [0.2, 0.25) is 0 Å². The van der Waals surface area contributed by atoms with E-state index in [4.69, 9.17) is 4.74 Å². The van der Waals surface area contributed by atoms with Gasteiger partial charge < -0.3 is 10.1 Å². The highest BCUT2D eigenvalue weighted by molar-refractivity contribution is 5.84. The average Bonchev–Trinajstić information content (AvgIpc) is 2.36. The molecule has 0 saturated carbocycles. The molecule has 1 heterocycles. The lowest BCUT2D eigenvalue weighted by molar-refractivity contribution is -0.139. The molecule has 0 radical (unpaired) electrons. The van der Waals surface area contributed by atoms with Crippen LogP contribution in [0.15, 0.2) is 18.3 Å². The van der Waals surface area contributed by atoms with Crippen LogP contribution < -0.4 is 5.32 Å². The molecule has 0 atom stereocenters. The van der Waals surface area contributed by atoms with Gasteiger partial charge in [-0.25, -0.2) is 0 Å². The first-order chi connectivity index (χ1) is 8.01. The Bertz CT molecular complexity index is 389. The molecule has 1 rings (SSSR count). The van der Waals surface area contributed by atoms with Gasteiger partial charge in [-0.2, -0.15) is 0 Å². The molecule has 1 aromatic heterocycles. The maximum atomic E-state index is 11.8. The number of carbonyl (C=O) groups is 1. The van der Waals surface area contributed by atoms with Crippen LogP contribution in [0.1, 0.15) is 32.0 Å². The van der Waals surface area contributed by atoms with Crippen molar-refractivity contribution < 1.29 is 9.53 Å². The lowest BCUT2D eigenvalue weighted by atomic mass is 10.1. The lowest BCUT2D eigenvalue weighted by Crippen LogP contribution is -2.43. The zero-order valence-corrected chi connectivity index (χ0v) is 10.9. The van der Waals surface area contributed by atoms with Gasteiger partial charge in [0.2, 0.25) is 0 Å². The summed E-state index contributed by atoms with van der Waals surface area (Å²) in [5, 5.41) is 2.84. The zero-order chi connectivity index (χ0) is 12.9. The Hall–Kier alpha value is -1.42. The van der Waals surface area contributed by atoms with Crippen molar-refractivity contribution in [2.45, 2.75) is 39.3 Å². The SMILES string of the molecule is CCc1cccnc1CNC(=O)C(C)(C)OC. The third-order valence-electron chi connectivity index (χ3n) is 2.84. The van der Waals surface area contributed by atoms with E-state index in [2.05, 4.69) is 17.2 Å². The van der Waals surface area contributed by atoms with Gasteiger partial charge in [0.05, 0.1) is 12.2 Å². The van der Waals surface area contributed by atoms with Crippen molar-refractivity contribution in [2.75, 3.05) is 7.11 Å². The third-order valence-corrected chi connectivity index (χ3v) is 2.84.